The Balaban J connectivity index is 1.75. The molecule has 3 rings (SSSR count). The first-order valence-corrected chi connectivity index (χ1v) is 6.57. The van der Waals surface area contributed by atoms with Gasteiger partial charge in [0.2, 0.25) is 0 Å². The van der Waals surface area contributed by atoms with Crippen LogP contribution in [0.1, 0.15) is 17.5 Å². The molecule has 1 amide bonds. The number of imidazole rings is 1. The summed E-state index contributed by atoms with van der Waals surface area (Å²) >= 11 is 0. The van der Waals surface area contributed by atoms with Crippen LogP contribution in [0.2, 0.25) is 0 Å². The van der Waals surface area contributed by atoms with Gasteiger partial charge < -0.3 is 9.88 Å². The van der Waals surface area contributed by atoms with Gasteiger partial charge in [-0.2, -0.15) is 0 Å². The Labute approximate surface area is 121 Å². The minimum atomic E-state index is -0.227. The molecular weight excluding hydrogens is 268 g/mol. The third kappa shape index (κ3) is 2.66. The Kier molecular flexibility index (Phi) is 3.46. The van der Waals surface area contributed by atoms with E-state index in [2.05, 4.69) is 20.6 Å². The van der Waals surface area contributed by atoms with Crippen molar-refractivity contribution in [2.24, 2.45) is 0 Å². The quantitative estimate of drug-likeness (QED) is 0.790. The van der Waals surface area contributed by atoms with Crippen molar-refractivity contribution in [2.75, 3.05) is 5.32 Å². The molecule has 0 saturated heterocycles. The highest BCUT2D eigenvalue weighted by Crippen LogP contribution is 2.13. The Bertz CT molecular complexity index is 729. The predicted octanol–water partition coefficient (Wildman–Crippen LogP) is 1.74. The number of hydrogen-bond acceptors (Lipinski definition) is 4. The van der Waals surface area contributed by atoms with Crippen LogP contribution in [-0.4, -0.2) is 30.5 Å². The Morgan fingerprint density at radius 3 is 2.67 bits per heavy atom. The molecule has 1 aromatic carbocycles. The van der Waals surface area contributed by atoms with Gasteiger partial charge in [0.15, 0.2) is 5.82 Å². The molecule has 3 aromatic rings. The monoisotopic (exact) mass is 282 g/mol. The van der Waals surface area contributed by atoms with Crippen LogP contribution in [0, 0.1) is 0 Å². The summed E-state index contributed by atoms with van der Waals surface area (Å²) in [6.07, 6.45) is 6.76. The number of aryl methyl sites for hydroxylation is 1. The van der Waals surface area contributed by atoms with Crippen molar-refractivity contribution in [1.82, 2.24) is 24.5 Å². The van der Waals surface area contributed by atoms with Gasteiger partial charge in [0, 0.05) is 24.6 Å². The van der Waals surface area contributed by atoms with E-state index in [1.807, 2.05) is 31.2 Å². The Morgan fingerprint density at radius 2 is 2.00 bits per heavy atom. The van der Waals surface area contributed by atoms with Crippen LogP contribution in [0.15, 0.2) is 49.1 Å². The molecule has 0 unspecified atom stereocenters. The topological polar surface area (TPSA) is 77.6 Å². The average molecular weight is 282 g/mol. The lowest BCUT2D eigenvalue weighted by Gasteiger charge is -2.07. The smallest absolute Gasteiger partial charge is 0.291 e. The molecule has 0 spiro atoms. The molecular formula is C14H14N6O. The third-order valence-electron chi connectivity index (χ3n) is 3.07. The highest BCUT2D eigenvalue weighted by Gasteiger charge is 2.12. The van der Waals surface area contributed by atoms with Crippen LogP contribution in [0.4, 0.5) is 5.69 Å². The zero-order valence-electron chi connectivity index (χ0n) is 11.5. The number of nitrogens with one attached hydrogen (secondary N) is 1. The molecule has 1 N–H and O–H groups in total. The lowest BCUT2D eigenvalue weighted by Crippen LogP contribution is -2.17. The molecule has 0 aliphatic carbocycles. The van der Waals surface area contributed by atoms with Gasteiger partial charge in [0.05, 0.1) is 18.1 Å². The van der Waals surface area contributed by atoms with E-state index in [0.717, 1.165) is 5.69 Å². The van der Waals surface area contributed by atoms with Crippen LogP contribution >= 0.6 is 0 Å². The summed E-state index contributed by atoms with van der Waals surface area (Å²) in [7, 11) is 0. The van der Waals surface area contributed by atoms with E-state index < -0.39 is 0 Å². The number of benzene rings is 1. The number of hydrogen-bond donors (Lipinski definition) is 1. The fourth-order valence-corrected chi connectivity index (χ4v) is 2.00. The van der Waals surface area contributed by atoms with E-state index in [0.29, 0.717) is 18.1 Å². The van der Waals surface area contributed by atoms with E-state index >= 15 is 0 Å². The highest BCUT2D eigenvalue weighted by molar-refractivity contribution is 6.01. The zero-order chi connectivity index (χ0) is 14.7. The van der Waals surface area contributed by atoms with Crippen molar-refractivity contribution in [3.8, 4) is 5.69 Å². The number of carbonyl (C=O) groups is 1. The highest BCUT2D eigenvalue weighted by atomic mass is 16.2. The number of amides is 1. The fraction of sp³-hybridized carbons (Fsp3) is 0.143. The summed E-state index contributed by atoms with van der Waals surface area (Å²) in [5.41, 5.74) is 1.58. The van der Waals surface area contributed by atoms with E-state index in [4.69, 9.17) is 0 Å². The zero-order valence-corrected chi connectivity index (χ0v) is 11.5. The first-order chi connectivity index (χ1) is 10.3. The van der Waals surface area contributed by atoms with E-state index in [9.17, 15) is 4.79 Å². The van der Waals surface area contributed by atoms with Crippen molar-refractivity contribution < 1.29 is 4.79 Å². The number of nitrogens with zero attached hydrogens (tertiary/aromatic N) is 5. The number of aromatic nitrogens is 5. The lowest BCUT2D eigenvalue weighted by molar-refractivity contribution is 0.101. The summed E-state index contributed by atoms with van der Waals surface area (Å²) in [5, 5.41) is 10.5. The summed E-state index contributed by atoms with van der Waals surface area (Å²) in [4.78, 5) is 16.2. The molecule has 0 atom stereocenters. The number of carbonyl (C=O) groups excluding carboxylic acids is 1. The largest absolute Gasteiger partial charge is 0.327 e. The van der Waals surface area contributed by atoms with Gasteiger partial charge in [0.25, 0.3) is 5.91 Å². The maximum absolute atomic E-state index is 12.1. The summed E-state index contributed by atoms with van der Waals surface area (Å²) < 4.78 is 3.44. The van der Waals surface area contributed by atoms with E-state index in [1.165, 1.54) is 0 Å². The van der Waals surface area contributed by atoms with Gasteiger partial charge in [-0.25, -0.2) is 9.67 Å². The fourth-order valence-electron chi connectivity index (χ4n) is 2.00. The lowest BCUT2D eigenvalue weighted by atomic mass is 10.3. The molecule has 0 aliphatic heterocycles. The van der Waals surface area contributed by atoms with Gasteiger partial charge in [-0.1, -0.05) is 5.21 Å². The minimum Gasteiger partial charge on any atom is -0.327 e. The summed E-state index contributed by atoms with van der Waals surface area (Å²) in [6.45, 7) is 2.67. The molecule has 7 nitrogen and oxygen atoms in total. The molecule has 0 radical (unpaired) electrons. The molecule has 7 heteroatoms. The molecule has 0 saturated carbocycles. The van der Waals surface area contributed by atoms with Gasteiger partial charge in [0.1, 0.15) is 0 Å². The van der Waals surface area contributed by atoms with Gasteiger partial charge >= 0.3 is 0 Å². The maximum atomic E-state index is 12.1. The molecule has 2 aromatic heterocycles. The third-order valence-corrected chi connectivity index (χ3v) is 3.07. The average Bonchev–Trinajstić information content (AvgIpc) is 3.19. The SMILES string of the molecule is CCn1ccnc1C(=O)Nc1ccc(-n2ccnn2)cc1. The van der Waals surface area contributed by atoms with Crippen LogP contribution in [-0.2, 0) is 6.54 Å². The van der Waals surface area contributed by atoms with Crippen LogP contribution in [0.5, 0.6) is 0 Å². The molecule has 0 bridgehead atoms. The van der Waals surface area contributed by atoms with Crippen molar-refractivity contribution >= 4 is 11.6 Å². The van der Waals surface area contributed by atoms with Crippen molar-refractivity contribution in [3.05, 3.63) is 54.9 Å². The molecule has 2 heterocycles. The van der Waals surface area contributed by atoms with Crippen LogP contribution in [0.25, 0.3) is 5.69 Å². The first kappa shape index (κ1) is 13.0. The number of rotatable bonds is 4. The molecule has 21 heavy (non-hydrogen) atoms. The normalized spacial score (nSPS) is 10.5. The maximum Gasteiger partial charge on any atom is 0.291 e. The van der Waals surface area contributed by atoms with Crippen LogP contribution < -0.4 is 5.32 Å². The van der Waals surface area contributed by atoms with E-state index in [1.54, 1.807) is 34.0 Å². The van der Waals surface area contributed by atoms with Crippen molar-refractivity contribution in [1.29, 1.82) is 0 Å². The predicted molar refractivity (Wildman–Crippen MR) is 77.2 cm³/mol. The van der Waals surface area contributed by atoms with Gasteiger partial charge in [-0.15, -0.1) is 5.10 Å². The summed E-state index contributed by atoms with van der Waals surface area (Å²) in [5.74, 6) is 0.174. The van der Waals surface area contributed by atoms with Gasteiger partial charge in [-0.05, 0) is 31.2 Å². The molecule has 0 aliphatic rings. The van der Waals surface area contributed by atoms with E-state index in [-0.39, 0.29) is 5.91 Å². The molecule has 106 valence electrons. The Morgan fingerprint density at radius 1 is 1.19 bits per heavy atom. The second-order valence-corrected chi connectivity index (χ2v) is 4.39. The Hall–Kier alpha value is -2.96. The first-order valence-electron chi connectivity index (χ1n) is 6.57. The second kappa shape index (κ2) is 5.58. The van der Waals surface area contributed by atoms with Crippen LogP contribution in [0.3, 0.4) is 0 Å². The standard InChI is InChI=1S/C14H14N6O/c1-2-19-9-7-15-13(19)14(21)17-11-3-5-12(6-4-11)20-10-8-16-18-20/h3-10H,2H2,1H3,(H,17,21). The number of anilines is 1. The summed E-state index contributed by atoms with van der Waals surface area (Å²) in [6, 6.07) is 7.34. The van der Waals surface area contributed by atoms with Crippen molar-refractivity contribution in [2.45, 2.75) is 13.5 Å². The molecule has 0 fully saturated rings. The van der Waals surface area contributed by atoms with Crippen molar-refractivity contribution in [3.63, 3.8) is 0 Å². The second-order valence-electron chi connectivity index (χ2n) is 4.39. The van der Waals surface area contributed by atoms with Gasteiger partial charge in [-0.3, -0.25) is 4.79 Å². The minimum absolute atomic E-state index is 0.227.